The fraction of sp³-hybridized carbons (Fsp3) is 0.667. The zero-order chi connectivity index (χ0) is 8.97. The Balaban J connectivity index is 2.33. The molecule has 0 bridgehead atoms. The summed E-state index contributed by atoms with van der Waals surface area (Å²) in [7, 11) is 1.94. The highest BCUT2D eigenvalue weighted by molar-refractivity contribution is 5.02. The predicted molar refractivity (Wildman–Crippen MR) is 49.8 cm³/mol. The van der Waals surface area contributed by atoms with Crippen LogP contribution in [0.2, 0.25) is 0 Å². The van der Waals surface area contributed by atoms with Crippen LogP contribution < -0.4 is 5.32 Å². The smallest absolute Gasteiger partial charge is 0.0534 e. The normalized spacial score (nSPS) is 13.2. The van der Waals surface area contributed by atoms with Gasteiger partial charge in [0.1, 0.15) is 0 Å². The summed E-state index contributed by atoms with van der Waals surface area (Å²) in [6, 6.07) is 0.588. The molecule has 0 aliphatic carbocycles. The monoisotopic (exact) mass is 167 g/mol. The van der Waals surface area contributed by atoms with Crippen LogP contribution in [0.1, 0.15) is 25.8 Å². The number of rotatable bonds is 4. The number of nitrogens with one attached hydrogen (secondary N) is 1. The summed E-state index contributed by atoms with van der Waals surface area (Å²) in [5, 5.41) is 7.51. The van der Waals surface area contributed by atoms with Gasteiger partial charge >= 0.3 is 0 Å². The second kappa shape index (κ2) is 4.26. The lowest BCUT2D eigenvalue weighted by Crippen LogP contribution is -2.24. The highest BCUT2D eigenvalue weighted by Crippen LogP contribution is 1.97. The molecule has 0 amide bonds. The van der Waals surface area contributed by atoms with E-state index in [2.05, 4.69) is 24.3 Å². The van der Waals surface area contributed by atoms with Crippen molar-refractivity contribution in [1.29, 1.82) is 0 Å². The van der Waals surface area contributed by atoms with Crippen LogP contribution in [0.15, 0.2) is 12.4 Å². The first-order chi connectivity index (χ1) is 5.72. The van der Waals surface area contributed by atoms with Gasteiger partial charge in [-0.1, -0.05) is 6.92 Å². The summed E-state index contributed by atoms with van der Waals surface area (Å²) in [6.07, 6.45) is 5.10. The SMILES string of the molecule is CC[C@H](C)NCc1cnn(C)c1. The van der Waals surface area contributed by atoms with Gasteiger partial charge in [-0.25, -0.2) is 0 Å². The lowest BCUT2D eigenvalue weighted by molar-refractivity contribution is 0.534. The van der Waals surface area contributed by atoms with Crippen molar-refractivity contribution in [2.75, 3.05) is 0 Å². The minimum absolute atomic E-state index is 0.588. The Morgan fingerprint density at radius 1 is 1.67 bits per heavy atom. The molecule has 1 atom stereocenters. The summed E-state index contributed by atoms with van der Waals surface area (Å²) in [5.74, 6) is 0. The molecule has 1 rings (SSSR count). The van der Waals surface area contributed by atoms with Crippen LogP contribution >= 0.6 is 0 Å². The average Bonchev–Trinajstić information content (AvgIpc) is 2.47. The largest absolute Gasteiger partial charge is 0.310 e. The van der Waals surface area contributed by atoms with E-state index in [-0.39, 0.29) is 0 Å². The van der Waals surface area contributed by atoms with Crippen LogP contribution in [0.25, 0.3) is 0 Å². The average molecular weight is 167 g/mol. The highest BCUT2D eigenvalue weighted by atomic mass is 15.2. The maximum absolute atomic E-state index is 4.10. The molecule has 0 aliphatic heterocycles. The van der Waals surface area contributed by atoms with Crippen LogP contribution in [-0.2, 0) is 13.6 Å². The molecule has 1 aromatic heterocycles. The summed E-state index contributed by atoms with van der Waals surface area (Å²) in [4.78, 5) is 0. The Morgan fingerprint density at radius 2 is 2.42 bits per heavy atom. The van der Waals surface area contributed by atoms with Gasteiger partial charge in [0.05, 0.1) is 6.20 Å². The first kappa shape index (κ1) is 9.26. The van der Waals surface area contributed by atoms with E-state index in [0.717, 1.165) is 6.54 Å². The van der Waals surface area contributed by atoms with Crippen LogP contribution in [0.4, 0.5) is 0 Å². The van der Waals surface area contributed by atoms with Crippen molar-refractivity contribution in [1.82, 2.24) is 15.1 Å². The van der Waals surface area contributed by atoms with E-state index in [1.807, 2.05) is 24.1 Å². The molecule has 1 heterocycles. The van der Waals surface area contributed by atoms with Crippen LogP contribution in [0.5, 0.6) is 0 Å². The van der Waals surface area contributed by atoms with E-state index in [0.29, 0.717) is 6.04 Å². The van der Waals surface area contributed by atoms with Crippen LogP contribution in [0.3, 0.4) is 0 Å². The molecule has 0 fully saturated rings. The van der Waals surface area contributed by atoms with Gasteiger partial charge in [0, 0.05) is 31.4 Å². The Kier molecular flexibility index (Phi) is 3.29. The predicted octanol–water partition coefficient (Wildman–Crippen LogP) is 1.31. The second-order valence-electron chi connectivity index (χ2n) is 3.21. The summed E-state index contributed by atoms with van der Waals surface area (Å²) in [6.45, 7) is 5.29. The van der Waals surface area contributed by atoms with Crippen LogP contribution in [0, 0.1) is 0 Å². The fourth-order valence-corrected chi connectivity index (χ4v) is 1.000. The molecule has 0 saturated heterocycles. The van der Waals surface area contributed by atoms with E-state index in [4.69, 9.17) is 0 Å². The third-order valence-electron chi connectivity index (χ3n) is 2.03. The zero-order valence-electron chi connectivity index (χ0n) is 8.04. The van der Waals surface area contributed by atoms with E-state index < -0.39 is 0 Å². The molecule has 0 saturated carbocycles. The number of aryl methyl sites for hydroxylation is 1. The molecular weight excluding hydrogens is 150 g/mol. The van der Waals surface area contributed by atoms with Crippen molar-refractivity contribution in [2.45, 2.75) is 32.9 Å². The number of nitrogens with zero attached hydrogens (tertiary/aromatic N) is 2. The molecule has 3 nitrogen and oxygen atoms in total. The molecule has 3 heteroatoms. The summed E-state index contributed by atoms with van der Waals surface area (Å²) >= 11 is 0. The third-order valence-corrected chi connectivity index (χ3v) is 2.03. The van der Waals surface area contributed by atoms with Gasteiger partial charge in [0.15, 0.2) is 0 Å². The molecule has 0 aliphatic rings. The summed E-state index contributed by atoms with van der Waals surface area (Å²) < 4.78 is 1.83. The zero-order valence-corrected chi connectivity index (χ0v) is 8.04. The molecule has 68 valence electrons. The highest BCUT2D eigenvalue weighted by Gasteiger charge is 1.98. The molecule has 1 N–H and O–H groups in total. The minimum atomic E-state index is 0.588. The van der Waals surface area contributed by atoms with Gasteiger partial charge in [0.2, 0.25) is 0 Å². The topological polar surface area (TPSA) is 29.9 Å². The number of hydrogen-bond donors (Lipinski definition) is 1. The number of hydrogen-bond acceptors (Lipinski definition) is 2. The van der Waals surface area contributed by atoms with Crippen molar-refractivity contribution in [3.8, 4) is 0 Å². The van der Waals surface area contributed by atoms with Crippen molar-refractivity contribution in [2.24, 2.45) is 7.05 Å². The lowest BCUT2D eigenvalue weighted by Gasteiger charge is -2.08. The Hall–Kier alpha value is -0.830. The van der Waals surface area contributed by atoms with Gasteiger partial charge in [-0.3, -0.25) is 4.68 Å². The van der Waals surface area contributed by atoms with E-state index in [1.54, 1.807) is 0 Å². The molecule has 0 aromatic carbocycles. The van der Waals surface area contributed by atoms with E-state index in [9.17, 15) is 0 Å². The molecule has 1 aromatic rings. The Bertz CT molecular complexity index is 229. The minimum Gasteiger partial charge on any atom is -0.310 e. The van der Waals surface area contributed by atoms with Gasteiger partial charge in [-0.05, 0) is 13.3 Å². The summed E-state index contributed by atoms with van der Waals surface area (Å²) in [5.41, 5.74) is 1.25. The molecular formula is C9H17N3. The molecule has 0 radical (unpaired) electrons. The second-order valence-corrected chi connectivity index (χ2v) is 3.21. The van der Waals surface area contributed by atoms with Crippen LogP contribution in [-0.4, -0.2) is 15.8 Å². The molecule has 12 heavy (non-hydrogen) atoms. The standard InChI is InChI=1S/C9H17N3/c1-4-8(2)10-5-9-6-11-12(3)7-9/h6-8,10H,4-5H2,1-3H3/t8-/m0/s1. The van der Waals surface area contributed by atoms with E-state index in [1.165, 1.54) is 12.0 Å². The van der Waals surface area contributed by atoms with Crippen molar-refractivity contribution in [3.63, 3.8) is 0 Å². The van der Waals surface area contributed by atoms with Gasteiger partial charge in [-0.15, -0.1) is 0 Å². The van der Waals surface area contributed by atoms with Gasteiger partial charge < -0.3 is 5.32 Å². The van der Waals surface area contributed by atoms with Crippen molar-refractivity contribution < 1.29 is 0 Å². The Labute approximate surface area is 73.8 Å². The third kappa shape index (κ3) is 2.66. The quantitative estimate of drug-likeness (QED) is 0.732. The van der Waals surface area contributed by atoms with Crippen molar-refractivity contribution in [3.05, 3.63) is 18.0 Å². The van der Waals surface area contributed by atoms with Gasteiger partial charge in [-0.2, -0.15) is 5.10 Å². The fourth-order valence-electron chi connectivity index (χ4n) is 1.000. The maximum Gasteiger partial charge on any atom is 0.0534 e. The van der Waals surface area contributed by atoms with Gasteiger partial charge in [0.25, 0.3) is 0 Å². The van der Waals surface area contributed by atoms with Crippen molar-refractivity contribution >= 4 is 0 Å². The first-order valence-electron chi connectivity index (χ1n) is 4.43. The molecule has 0 unspecified atom stereocenters. The number of aromatic nitrogens is 2. The maximum atomic E-state index is 4.10. The molecule has 0 spiro atoms. The lowest BCUT2D eigenvalue weighted by atomic mass is 10.2. The Morgan fingerprint density at radius 3 is 2.92 bits per heavy atom. The van der Waals surface area contributed by atoms with E-state index >= 15 is 0 Å². The first-order valence-corrected chi connectivity index (χ1v) is 4.43.